The van der Waals surface area contributed by atoms with E-state index in [1.807, 2.05) is 49.1 Å². The SMILES string of the molecule is CCc1c(C(=O)N2CCC[C@H](c3ccccc3)CC2)c(=O)cc(C)n1Cc1ccccc1OC. The van der Waals surface area contributed by atoms with Gasteiger partial charge in [-0.2, -0.15) is 0 Å². The maximum Gasteiger partial charge on any atom is 0.259 e. The van der Waals surface area contributed by atoms with Gasteiger partial charge in [-0.15, -0.1) is 0 Å². The number of benzene rings is 2. The molecule has 0 spiro atoms. The Morgan fingerprint density at radius 3 is 2.50 bits per heavy atom. The predicted molar refractivity (Wildman–Crippen MR) is 136 cm³/mol. The van der Waals surface area contributed by atoms with Gasteiger partial charge in [0, 0.05) is 36.1 Å². The number of likely N-dealkylation sites (tertiary alicyclic amines) is 1. The summed E-state index contributed by atoms with van der Waals surface area (Å²) in [7, 11) is 1.66. The Kier molecular flexibility index (Phi) is 7.51. The van der Waals surface area contributed by atoms with Gasteiger partial charge < -0.3 is 14.2 Å². The van der Waals surface area contributed by atoms with E-state index in [-0.39, 0.29) is 11.3 Å². The highest BCUT2D eigenvalue weighted by Crippen LogP contribution is 2.29. The van der Waals surface area contributed by atoms with E-state index in [0.717, 1.165) is 42.0 Å². The van der Waals surface area contributed by atoms with Crippen LogP contribution in [0.15, 0.2) is 65.5 Å². The first-order valence-corrected chi connectivity index (χ1v) is 12.2. The van der Waals surface area contributed by atoms with E-state index < -0.39 is 0 Å². The Morgan fingerprint density at radius 2 is 1.76 bits per heavy atom. The fourth-order valence-corrected chi connectivity index (χ4v) is 5.17. The molecule has 3 aromatic rings. The topological polar surface area (TPSA) is 51.5 Å². The smallest absolute Gasteiger partial charge is 0.259 e. The number of nitrogens with zero attached hydrogens (tertiary/aromatic N) is 2. The standard InChI is InChI=1S/C29H34N2O3/c1-4-25-28(26(32)19-21(2)31(25)20-24-13-8-9-15-27(24)34-3)29(33)30-17-10-14-23(16-18-30)22-11-6-5-7-12-22/h5-9,11-13,15,19,23H,4,10,14,16-18,20H2,1-3H3/t23-/m0/s1. The van der Waals surface area contributed by atoms with Gasteiger partial charge in [0.05, 0.1) is 13.7 Å². The van der Waals surface area contributed by atoms with Crippen molar-refractivity contribution < 1.29 is 9.53 Å². The third-order valence-corrected chi connectivity index (χ3v) is 6.98. The maximum absolute atomic E-state index is 13.7. The molecule has 0 unspecified atom stereocenters. The van der Waals surface area contributed by atoms with Crippen LogP contribution < -0.4 is 10.2 Å². The first-order valence-electron chi connectivity index (χ1n) is 12.2. The van der Waals surface area contributed by atoms with Crippen molar-refractivity contribution >= 4 is 5.91 Å². The van der Waals surface area contributed by atoms with Gasteiger partial charge in [-0.3, -0.25) is 9.59 Å². The number of carbonyl (C=O) groups is 1. The van der Waals surface area contributed by atoms with Gasteiger partial charge in [0.15, 0.2) is 5.43 Å². The molecule has 1 saturated heterocycles. The van der Waals surface area contributed by atoms with Crippen LogP contribution in [0.1, 0.15) is 65.0 Å². The van der Waals surface area contributed by atoms with Crippen molar-refractivity contribution in [2.45, 2.75) is 52.0 Å². The number of hydrogen-bond acceptors (Lipinski definition) is 3. The Balaban J connectivity index is 1.64. The van der Waals surface area contributed by atoms with Crippen LogP contribution in [0.4, 0.5) is 0 Å². The number of pyridine rings is 1. The second-order valence-corrected chi connectivity index (χ2v) is 9.05. The first kappa shape index (κ1) is 23.8. The number of aryl methyl sites for hydroxylation is 1. The first-order chi connectivity index (χ1) is 16.5. The van der Waals surface area contributed by atoms with Crippen molar-refractivity contribution in [2.24, 2.45) is 0 Å². The lowest BCUT2D eigenvalue weighted by Crippen LogP contribution is -2.37. The summed E-state index contributed by atoms with van der Waals surface area (Å²) in [4.78, 5) is 28.7. The summed E-state index contributed by atoms with van der Waals surface area (Å²) >= 11 is 0. The van der Waals surface area contributed by atoms with Crippen LogP contribution >= 0.6 is 0 Å². The summed E-state index contributed by atoms with van der Waals surface area (Å²) in [6, 6.07) is 20.0. The summed E-state index contributed by atoms with van der Waals surface area (Å²) in [5.41, 5.74) is 4.14. The number of rotatable bonds is 6. The molecule has 0 aliphatic carbocycles. The van der Waals surface area contributed by atoms with Crippen molar-refractivity contribution in [3.05, 3.63) is 99.0 Å². The summed E-state index contributed by atoms with van der Waals surface area (Å²) in [6.45, 7) is 5.85. The molecular formula is C29H34N2O3. The highest BCUT2D eigenvalue weighted by molar-refractivity contribution is 5.95. The molecule has 2 aromatic carbocycles. The van der Waals surface area contributed by atoms with Gasteiger partial charge in [0.25, 0.3) is 5.91 Å². The van der Waals surface area contributed by atoms with Gasteiger partial charge >= 0.3 is 0 Å². The number of aromatic nitrogens is 1. The zero-order chi connectivity index (χ0) is 24.1. The molecule has 1 amide bonds. The van der Waals surface area contributed by atoms with Crippen molar-refractivity contribution in [1.82, 2.24) is 9.47 Å². The number of amides is 1. The Bertz CT molecular complexity index is 1200. The summed E-state index contributed by atoms with van der Waals surface area (Å²) in [5.74, 6) is 1.12. The summed E-state index contributed by atoms with van der Waals surface area (Å²) < 4.78 is 7.63. The van der Waals surface area contributed by atoms with Crippen molar-refractivity contribution in [3.63, 3.8) is 0 Å². The number of carbonyl (C=O) groups excluding carboxylic acids is 1. The van der Waals surface area contributed by atoms with E-state index in [1.165, 1.54) is 5.56 Å². The van der Waals surface area contributed by atoms with Gasteiger partial charge in [-0.05, 0) is 50.2 Å². The predicted octanol–water partition coefficient (Wildman–Crippen LogP) is 5.19. The Labute approximate surface area is 202 Å². The average molecular weight is 459 g/mol. The Hall–Kier alpha value is -3.34. The minimum Gasteiger partial charge on any atom is -0.496 e. The second-order valence-electron chi connectivity index (χ2n) is 9.05. The fraction of sp³-hybridized carbons (Fsp3) is 0.379. The maximum atomic E-state index is 13.7. The molecule has 2 heterocycles. The quantitative estimate of drug-likeness (QED) is 0.511. The van der Waals surface area contributed by atoms with Crippen LogP contribution in [0.3, 0.4) is 0 Å². The molecule has 1 aliphatic rings. The summed E-state index contributed by atoms with van der Waals surface area (Å²) in [6.07, 6.45) is 3.51. The number of methoxy groups -OCH3 is 1. The molecule has 0 saturated carbocycles. The van der Waals surface area contributed by atoms with Crippen molar-refractivity contribution in [1.29, 1.82) is 0 Å². The van der Waals surface area contributed by atoms with Crippen LogP contribution in [-0.2, 0) is 13.0 Å². The van der Waals surface area contributed by atoms with E-state index in [9.17, 15) is 9.59 Å². The molecule has 0 bridgehead atoms. The fourth-order valence-electron chi connectivity index (χ4n) is 5.17. The normalized spacial score (nSPS) is 16.2. The second kappa shape index (κ2) is 10.7. The van der Waals surface area contributed by atoms with E-state index in [1.54, 1.807) is 13.2 Å². The zero-order valence-corrected chi connectivity index (χ0v) is 20.4. The van der Waals surface area contributed by atoms with Crippen LogP contribution in [0.2, 0.25) is 0 Å². The molecule has 1 aliphatic heterocycles. The van der Waals surface area contributed by atoms with Crippen LogP contribution in [0, 0.1) is 6.92 Å². The average Bonchev–Trinajstić information content (AvgIpc) is 3.12. The molecule has 34 heavy (non-hydrogen) atoms. The van der Waals surface area contributed by atoms with Crippen molar-refractivity contribution in [2.75, 3.05) is 20.2 Å². The molecule has 0 radical (unpaired) electrons. The number of hydrogen-bond donors (Lipinski definition) is 0. The van der Waals surface area contributed by atoms with E-state index in [0.29, 0.717) is 37.5 Å². The van der Waals surface area contributed by atoms with Gasteiger partial charge in [0.2, 0.25) is 0 Å². The molecular weight excluding hydrogens is 424 g/mol. The minimum atomic E-state index is -0.181. The molecule has 178 valence electrons. The van der Waals surface area contributed by atoms with Crippen molar-refractivity contribution in [3.8, 4) is 5.75 Å². The molecule has 0 N–H and O–H groups in total. The Morgan fingerprint density at radius 1 is 1.03 bits per heavy atom. The molecule has 5 nitrogen and oxygen atoms in total. The number of para-hydroxylation sites is 1. The monoisotopic (exact) mass is 458 g/mol. The molecule has 4 rings (SSSR count). The lowest BCUT2D eigenvalue weighted by Gasteiger charge is -2.25. The van der Waals surface area contributed by atoms with Gasteiger partial charge in [0.1, 0.15) is 11.3 Å². The molecule has 1 atom stereocenters. The van der Waals surface area contributed by atoms with Gasteiger partial charge in [-0.1, -0.05) is 55.5 Å². The molecule has 5 heteroatoms. The molecule has 1 aromatic heterocycles. The van der Waals surface area contributed by atoms with E-state index in [2.05, 4.69) is 28.8 Å². The van der Waals surface area contributed by atoms with Crippen LogP contribution in [0.5, 0.6) is 5.75 Å². The third-order valence-electron chi connectivity index (χ3n) is 6.98. The summed E-state index contributed by atoms with van der Waals surface area (Å²) in [5, 5.41) is 0. The lowest BCUT2D eigenvalue weighted by molar-refractivity contribution is 0.0757. The highest BCUT2D eigenvalue weighted by Gasteiger charge is 2.27. The highest BCUT2D eigenvalue weighted by atomic mass is 16.5. The zero-order valence-electron chi connectivity index (χ0n) is 20.4. The third kappa shape index (κ3) is 4.93. The lowest BCUT2D eigenvalue weighted by atomic mass is 9.92. The molecule has 1 fully saturated rings. The number of ether oxygens (including phenoxy) is 1. The van der Waals surface area contributed by atoms with Crippen LogP contribution in [-0.4, -0.2) is 35.6 Å². The van der Waals surface area contributed by atoms with E-state index in [4.69, 9.17) is 4.74 Å². The van der Waals surface area contributed by atoms with E-state index >= 15 is 0 Å². The largest absolute Gasteiger partial charge is 0.496 e. The minimum absolute atomic E-state index is 0.135. The van der Waals surface area contributed by atoms with Crippen LogP contribution in [0.25, 0.3) is 0 Å². The van der Waals surface area contributed by atoms with Gasteiger partial charge in [-0.25, -0.2) is 0 Å².